The molecule has 0 aliphatic heterocycles. The molecular formula is C13H17BrN4. The van der Waals surface area contributed by atoms with Gasteiger partial charge in [0.25, 0.3) is 0 Å². The van der Waals surface area contributed by atoms with Crippen molar-refractivity contribution in [2.24, 2.45) is 5.92 Å². The van der Waals surface area contributed by atoms with Crippen molar-refractivity contribution < 1.29 is 0 Å². The van der Waals surface area contributed by atoms with E-state index in [4.69, 9.17) is 5.73 Å². The van der Waals surface area contributed by atoms with Gasteiger partial charge in [0.1, 0.15) is 11.8 Å². The number of hydrogen-bond acceptors (Lipinski definition) is 3. The molecule has 0 amide bonds. The van der Waals surface area contributed by atoms with Crippen LogP contribution in [-0.2, 0) is 0 Å². The van der Waals surface area contributed by atoms with E-state index in [9.17, 15) is 0 Å². The Labute approximate surface area is 115 Å². The van der Waals surface area contributed by atoms with E-state index in [2.05, 4.69) is 39.0 Å². The van der Waals surface area contributed by atoms with Crippen molar-refractivity contribution in [1.29, 1.82) is 0 Å². The van der Waals surface area contributed by atoms with Gasteiger partial charge in [0.2, 0.25) is 0 Å². The minimum atomic E-state index is 0.535. The zero-order valence-corrected chi connectivity index (χ0v) is 12.0. The molecule has 96 valence electrons. The SMILES string of the molecule is CC1CCC(c2cc(Br)c3c(N)ncnn23)CC1. The fourth-order valence-corrected chi connectivity index (χ4v) is 3.50. The lowest BCUT2D eigenvalue weighted by molar-refractivity contribution is 0.341. The Balaban J connectivity index is 2.05. The van der Waals surface area contributed by atoms with Gasteiger partial charge in [-0.2, -0.15) is 5.10 Å². The first kappa shape index (κ1) is 12.0. The fraction of sp³-hybridized carbons (Fsp3) is 0.538. The number of nitrogen functional groups attached to an aromatic ring is 1. The van der Waals surface area contributed by atoms with Crippen LogP contribution in [0.1, 0.15) is 44.2 Å². The number of anilines is 1. The molecule has 1 saturated carbocycles. The number of nitrogens with zero attached hydrogens (tertiary/aromatic N) is 3. The summed E-state index contributed by atoms with van der Waals surface area (Å²) in [5.41, 5.74) is 8.08. The normalized spacial score (nSPS) is 24.6. The lowest BCUT2D eigenvalue weighted by Gasteiger charge is -2.25. The molecule has 1 aliphatic rings. The van der Waals surface area contributed by atoms with Crippen molar-refractivity contribution in [3.8, 4) is 0 Å². The molecular weight excluding hydrogens is 292 g/mol. The highest BCUT2D eigenvalue weighted by atomic mass is 79.9. The number of nitrogens with two attached hydrogens (primary N) is 1. The molecule has 18 heavy (non-hydrogen) atoms. The third kappa shape index (κ3) is 1.90. The smallest absolute Gasteiger partial charge is 0.152 e. The molecule has 0 spiro atoms. The fourth-order valence-electron chi connectivity index (χ4n) is 2.89. The van der Waals surface area contributed by atoms with E-state index in [0.717, 1.165) is 15.9 Å². The van der Waals surface area contributed by atoms with Crippen LogP contribution in [0.3, 0.4) is 0 Å². The molecule has 2 aromatic heterocycles. The van der Waals surface area contributed by atoms with Crippen molar-refractivity contribution >= 4 is 27.3 Å². The first-order valence-electron chi connectivity index (χ1n) is 6.44. The first-order chi connectivity index (χ1) is 8.66. The lowest BCUT2D eigenvalue weighted by Crippen LogP contribution is -2.13. The van der Waals surface area contributed by atoms with Gasteiger partial charge in [0, 0.05) is 16.1 Å². The summed E-state index contributed by atoms with van der Waals surface area (Å²) < 4.78 is 2.95. The Morgan fingerprint density at radius 3 is 2.78 bits per heavy atom. The van der Waals surface area contributed by atoms with Crippen molar-refractivity contribution in [1.82, 2.24) is 14.6 Å². The Bertz CT molecular complexity index is 570. The highest BCUT2D eigenvalue weighted by Gasteiger charge is 2.24. The van der Waals surface area contributed by atoms with Gasteiger partial charge in [0.15, 0.2) is 5.82 Å². The van der Waals surface area contributed by atoms with Crippen LogP contribution in [0, 0.1) is 5.92 Å². The Morgan fingerprint density at radius 2 is 2.06 bits per heavy atom. The minimum absolute atomic E-state index is 0.535. The Kier molecular flexibility index (Phi) is 3.01. The van der Waals surface area contributed by atoms with Gasteiger partial charge in [-0.1, -0.05) is 19.8 Å². The molecule has 0 bridgehead atoms. The average molecular weight is 309 g/mol. The molecule has 1 fully saturated rings. The van der Waals surface area contributed by atoms with Crippen molar-refractivity contribution in [3.05, 3.63) is 22.6 Å². The van der Waals surface area contributed by atoms with E-state index in [1.54, 1.807) is 0 Å². The van der Waals surface area contributed by atoms with Gasteiger partial charge >= 0.3 is 0 Å². The largest absolute Gasteiger partial charge is 0.382 e. The monoisotopic (exact) mass is 308 g/mol. The number of aromatic nitrogens is 3. The van der Waals surface area contributed by atoms with Crippen LogP contribution >= 0.6 is 15.9 Å². The number of hydrogen-bond donors (Lipinski definition) is 1. The van der Waals surface area contributed by atoms with Gasteiger partial charge in [-0.25, -0.2) is 9.50 Å². The zero-order chi connectivity index (χ0) is 12.7. The van der Waals surface area contributed by atoms with Gasteiger partial charge in [-0.3, -0.25) is 0 Å². The summed E-state index contributed by atoms with van der Waals surface area (Å²) in [6.07, 6.45) is 6.61. The molecule has 2 heterocycles. The molecule has 4 nitrogen and oxygen atoms in total. The topological polar surface area (TPSA) is 56.2 Å². The van der Waals surface area contributed by atoms with E-state index in [1.807, 2.05) is 4.52 Å². The molecule has 0 unspecified atom stereocenters. The van der Waals surface area contributed by atoms with Crippen molar-refractivity contribution in [3.63, 3.8) is 0 Å². The van der Waals surface area contributed by atoms with Crippen LogP contribution in [0.2, 0.25) is 0 Å². The van der Waals surface area contributed by atoms with Crippen LogP contribution in [0.15, 0.2) is 16.9 Å². The number of halogens is 1. The molecule has 2 aromatic rings. The second-order valence-corrected chi connectivity index (χ2v) is 6.13. The molecule has 2 N–H and O–H groups in total. The summed E-state index contributed by atoms with van der Waals surface area (Å²) in [6.45, 7) is 2.34. The second kappa shape index (κ2) is 4.53. The molecule has 0 radical (unpaired) electrons. The molecule has 3 rings (SSSR count). The first-order valence-corrected chi connectivity index (χ1v) is 7.23. The maximum atomic E-state index is 5.92. The van der Waals surface area contributed by atoms with Gasteiger partial charge in [0.05, 0.1) is 0 Å². The highest BCUT2D eigenvalue weighted by molar-refractivity contribution is 9.10. The molecule has 5 heteroatoms. The predicted molar refractivity (Wildman–Crippen MR) is 75.5 cm³/mol. The average Bonchev–Trinajstić information content (AvgIpc) is 2.69. The van der Waals surface area contributed by atoms with Crippen LogP contribution in [0.5, 0.6) is 0 Å². The standard InChI is InChI=1S/C13H17BrN4/c1-8-2-4-9(5-3-8)11-6-10(14)12-13(15)16-7-17-18(11)12/h6-9H,2-5H2,1H3,(H2,15,16,17). The minimum Gasteiger partial charge on any atom is -0.382 e. The molecule has 0 saturated heterocycles. The maximum absolute atomic E-state index is 5.92. The maximum Gasteiger partial charge on any atom is 0.152 e. The van der Waals surface area contributed by atoms with Gasteiger partial charge < -0.3 is 5.73 Å². The molecule has 0 atom stereocenters. The summed E-state index contributed by atoms with van der Waals surface area (Å²) >= 11 is 3.57. The van der Waals surface area contributed by atoms with Crippen LogP contribution < -0.4 is 5.73 Å². The van der Waals surface area contributed by atoms with Crippen molar-refractivity contribution in [2.75, 3.05) is 5.73 Å². The summed E-state index contributed by atoms with van der Waals surface area (Å²) in [5, 5.41) is 4.35. The highest BCUT2D eigenvalue weighted by Crippen LogP contribution is 2.38. The Morgan fingerprint density at radius 1 is 1.33 bits per heavy atom. The van der Waals surface area contributed by atoms with E-state index < -0.39 is 0 Å². The van der Waals surface area contributed by atoms with Crippen LogP contribution in [-0.4, -0.2) is 14.6 Å². The van der Waals surface area contributed by atoms with E-state index in [1.165, 1.54) is 37.7 Å². The van der Waals surface area contributed by atoms with Crippen LogP contribution in [0.4, 0.5) is 5.82 Å². The lowest BCUT2D eigenvalue weighted by atomic mass is 9.81. The molecule has 1 aliphatic carbocycles. The quantitative estimate of drug-likeness (QED) is 0.878. The summed E-state index contributed by atoms with van der Waals surface area (Å²) in [5.74, 6) is 1.98. The van der Waals surface area contributed by atoms with Gasteiger partial charge in [-0.05, 0) is 40.8 Å². The van der Waals surface area contributed by atoms with E-state index in [-0.39, 0.29) is 0 Å². The van der Waals surface area contributed by atoms with E-state index in [0.29, 0.717) is 11.7 Å². The molecule has 0 aromatic carbocycles. The number of rotatable bonds is 1. The second-order valence-electron chi connectivity index (χ2n) is 5.28. The summed E-state index contributed by atoms with van der Waals surface area (Å²) in [7, 11) is 0. The summed E-state index contributed by atoms with van der Waals surface area (Å²) in [4.78, 5) is 4.05. The van der Waals surface area contributed by atoms with Crippen LogP contribution in [0.25, 0.3) is 5.52 Å². The third-order valence-corrected chi connectivity index (χ3v) is 4.60. The summed E-state index contributed by atoms with van der Waals surface area (Å²) in [6, 6.07) is 2.15. The third-order valence-electron chi connectivity index (χ3n) is 4.00. The Hall–Kier alpha value is -1.10. The number of fused-ring (bicyclic) bond motifs is 1. The van der Waals surface area contributed by atoms with Crippen molar-refractivity contribution in [2.45, 2.75) is 38.5 Å². The zero-order valence-electron chi connectivity index (χ0n) is 10.4. The van der Waals surface area contributed by atoms with E-state index >= 15 is 0 Å². The predicted octanol–water partition coefficient (Wildman–Crippen LogP) is 3.37. The van der Waals surface area contributed by atoms with Gasteiger partial charge in [-0.15, -0.1) is 0 Å².